The normalized spacial score (nSPS) is 9.88. The van der Waals surface area contributed by atoms with Crippen LogP contribution in [0.5, 0.6) is 0 Å². The van der Waals surface area contributed by atoms with Gasteiger partial charge < -0.3 is 10.6 Å². The molecule has 0 aromatic carbocycles. The van der Waals surface area contributed by atoms with Crippen LogP contribution in [-0.2, 0) is 0 Å². The Hall–Kier alpha value is -1.43. The van der Waals surface area contributed by atoms with Gasteiger partial charge >= 0.3 is 0 Å². The minimum atomic E-state index is -0.234. The Morgan fingerprint density at radius 3 is 2.69 bits per heavy atom. The van der Waals surface area contributed by atoms with Gasteiger partial charge in [0.25, 0.3) is 11.8 Å². The molecule has 0 radical (unpaired) electrons. The maximum atomic E-state index is 11.5. The Morgan fingerprint density at radius 2 is 2.06 bits per heavy atom. The summed E-state index contributed by atoms with van der Waals surface area (Å²) < 4.78 is 0. The Labute approximate surface area is 98.3 Å². The fourth-order valence-electron chi connectivity index (χ4n) is 1.05. The summed E-state index contributed by atoms with van der Waals surface area (Å²) in [5.74, 6) is -0.462. The van der Waals surface area contributed by atoms with Crippen LogP contribution >= 0.6 is 11.3 Å². The van der Waals surface area contributed by atoms with E-state index in [2.05, 4.69) is 15.6 Å². The monoisotopic (exact) mass is 241 g/mol. The second-order valence-electron chi connectivity index (χ2n) is 3.15. The highest BCUT2D eigenvalue weighted by molar-refractivity contribution is 7.11. The zero-order valence-corrected chi connectivity index (χ0v) is 10.2. The predicted octanol–water partition coefficient (Wildman–Crippen LogP) is 1.03. The van der Waals surface area contributed by atoms with Crippen molar-refractivity contribution < 1.29 is 9.59 Å². The lowest BCUT2D eigenvalue weighted by Gasteiger charge is -1.99. The summed E-state index contributed by atoms with van der Waals surface area (Å²) >= 11 is 1.18. The number of nitrogens with zero attached hydrogens (tertiary/aromatic N) is 1. The third-order valence-electron chi connectivity index (χ3n) is 1.80. The second-order valence-corrected chi connectivity index (χ2v) is 4.01. The first-order valence-electron chi connectivity index (χ1n) is 5.21. The van der Waals surface area contributed by atoms with Crippen LogP contribution in [0.4, 0.5) is 0 Å². The number of hydrogen-bond acceptors (Lipinski definition) is 4. The molecule has 2 N–H and O–H groups in total. The molecule has 0 aliphatic carbocycles. The van der Waals surface area contributed by atoms with Crippen molar-refractivity contribution in [1.29, 1.82) is 0 Å². The van der Waals surface area contributed by atoms with Gasteiger partial charge in [0.15, 0.2) is 5.01 Å². The smallest absolute Gasteiger partial charge is 0.280 e. The molecule has 1 heterocycles. The largest absolute Gasteiger partial charge is 0.351 e. The van der Waals surface area contributed by atoms with Gasteiger partial charge in [-0.1, -0.05) is 6.92 Å². The van der Waals surface area contributed by atoms with Gasteiger partial charge in [0.1, 0.15) is 5.69 Å². The van der Waals surface area contributed by atoms with E-state index in [-0.39, 0.29) is 11.8 Å². The van der Waals surface area contributed by atoms with Gasteiger partial charge in [-0.05, 0) is 13.3 Å². The van der Waals surface area contributed by atoms with Crippen molar-refractivity contribution >= 4 is 23.2 Å². The maximum Gasteiger partial charge on any atom is 0.280 e. The van der Waals surface area contributed by atoms with E-state index in [0.717, 1.165) is 6.42 Å². The van der Waals surface area contributed by atoms with Gasteiger partial charge in [0, 0.05) is 18.5 Å². The summed E-state index contributed by atoms with van der Waals surface area (Å²) in [7, 11) is 0. The van der Waals surface area contributed by atoms with Crippen LogP contribution in [0.15, 0.2) is 5.38 Å². The Morgan fingerprint density at radius 1 is 1.31 bits per heavy atom. The standard InChI is InChI=1S/C10H15N3O2S/c1-3-5-12-8(14)7-6-16-10(13-7)9(15)11-4-2/h6H,3-5H2,1-2H3,(H,11,15)(H,12,14). The van der Waals surface area contributed by atoms with Crippen molar-refractivity contribution in [3.05, 3.63) is 16.1 Å². The lowest BCUT2D eigenvalue weighted by molar-refractivity contribution is 0.0948. The molecule has 16 heavy (non-hydrogen) atoms. The van der Waals surface area contributed by atoms with Crippen LogP contribution in [0.3, 0.4) is 0 Å². The van der Waals surface area contributed by atoms with Crippen LogP contribution in [0, 0.1) is 0 Å². The third-order valence-corrected chi connectivity index (χ3v) is 2.65. The van der Waals surface area contributed by atoms with Gasteiger partial charge in [-0.2, -0.15) is 0 Å². The van der Waals surface area contributed by atoms with E-state index < -0.39 is 0 Å². The van der Waals surface area contributed by atoms with Gasteiger partial charge in [-0.3, -0.25) is 9.59 Å². The van der Waals surface area contributed by atoms with Crippen molar-refractivity contribution in [2.24, 2.45) is 0 Å². The van der Waals surface area contributed by atoms with Crippen molar-refractivity contribution in [3.63, 3.8) is 0 Å². The average molecular weight is 241 g/mol. The molecule has 0 fully saturated rings. The summed E-state index contributed by atoms with van der Waals surface area (Å²) in [6.07, 6.45) is 0.874. The quantitative estimate of drug-likeness (QED) is 0.809. The molecule has 2 amide bonds. The zero-order chi connectivity index (χ0) is 12.0. The van der Waals surface area contributed by atoms with E-state index in [1.807, 2.05) is 13.8 Å². The maximum absolute atomic E-state index is 11.5. The molecule has 0 saturated carbocycles. The average Bonchev–Trinajstić information content (AvgIpc) is 2.75. The molecule has 0 atom stereocenters. The highest BCUT2D eigenvalue weighted by atomic mass is 32.1. The number of amides is 2. The molecule has 0 saturated heterocycles. The summed E-state index contributed by atoms with van der Waals surface area (Å²) in [6, 6.07) is 0. The summed E-state index contributed by atoms with van der Waals surface area (Å²) in [4.78, 5) is 26.9. The van der Waals surface area contributed by atoms with E-state index in [9.17, 15) is 9.59 Å². The van der Waals surface area contributed by atoms with Crippen LogP contribution < -0.4 is 10.6 Å². The fourth-order valence-corrected chi connectivity index (χ4v) is 1.76. The number of nitrogens with one attached hydrogen (secondary N) is 2. The van der Waals surface area contributed by atoms with E-state index in [4.69, 9.17) is 0 Å². The summed E-state index contributed by atoms with van der Waals surface area (Å²) in [5.41, 5.74) is 0.305. The minimum Gasteiger partial charge on any atom is -0.351 e. The van der Waals surface area contributed by atoms with E-state index in [0.29, 0.717) is 23.8 Å². The molecular formula is C10H15N3O2S. The molecule has 0 aliphatic rings. The molecule has 0 aliphatic heterocycles. The molecule has 1 aromatic rings. The predicted molar refractivity (Wildman–Crippen MR) is 62.7 cm³/mol. The number of hydrogen-bond donors (Lipinski definition) is 2. The number of carbonyl (C=O) groups excluding carboxylic acids is 2. The van der Waals surface area contributed by atoms with Crippen LogP contribution in [0.2, 0.25) is 0 Å². The first kappa shape index (κ1) is 12.6. The topological polar surface area (TPSA) is 71.1 Å². The first-order valence-corrected chi connectivity index (χ1v) is 6.08. The molecule has 88 valence electrons. The number of carbonyl (C=O) groups is 2. The minimum absolute atomic E-state index is 0.228. The summed E-state index contributed by atoms with van der Waals surface area (Å²) in [5, 5.41) is 7.26. The Bertz CT molecular complexity index is 376. The molecule has 0 spiro atoms. The van der Waals surface area contributed by atoms with E-state index in [1.165, 1.54) is 11.3 Å². The van der Waals surface area contributed by atoms with Crippen LogP contribution in [-0.4, -0.2) is 29.9 Å². The highest BCUT2D eigenvalue weighted by Crippen LogP contribution is 2.09. The zero-order valence-electron chi connectivity index (χ0n) is 9.37. The second kappa shape index (κ2) is 6.22. The molecular weight excluding hydrogens is 226 g/mol. The molecule has 1 aromatic heterocycles. The summed E-state index contributed by atoms with van der Waals surface area (Å²) in [6.45, 7) is 4.98. The molecule has 0 bridgehead atoms. The van der Waals surface area contributed by atoms with E-state index in [1.54, 1.807) is 5.38 Å². The Balaban J connectivity index is 2.63. The van der Waals surface area contributed by atoms with Crippen LogP contribution in [0.25, 0.3) is 0 Å². The molecule has 6 heteroatoms. The van der Waals surface area contributed by atoms with Crippen molar-refractivity contribution in [3.8, 4) is 0 Å². The number of thiazole rings is 1. The molecule has 1 rings (SSSR count). The van der Waals surface area contributed by atoms with Crippen molar-refractivity contribution in [1.82, 2.24) is 15.6 Å². The molecule has 0 unspecified atom stereocenters. The van der Waals surface area contributed by atoms with Crippen molar-refractivity contribution in [2.45, 2.75) is 20.3 Å². The van der Waals surface area contributed by atoms with Gasteiger partial charge in [-0.25, -0.2) is 4.98 Å². The van der Waals surface area contributed by atoms with Gasteiger partial charge in [0.05, 0.1) is 0 Å². The van der Waals surface area contributed by atoms with Gasteiger partial charge in [-0.15, -0.1) is 11.3 Å². The lowest BCUT2D eigenvalue weighted by Crippen LogP contribution is -2.25. The lowest BCUT2D eigenvalue weighted by atomic mass is 10.4. The first-order chi connectivity index (χ1) is 7.69. The van der Waals surface area contributed by atoms with Gasteiger partial charge in [0.2, 0.25) is 0 Å². The highest BCUT2D eigenvalue weighted by Gasteiger charge is 2.14. The fraction of sp³-hybridized carbons (Fsp3) is 0.500. The van der Waals surface area contributed by atoms with Crippen LogP contribution in [0.1, 0.15) is 40.6 Å². The number of aromatic nitrogens is 1. The number of rotatable bonds is 5. The Kier molecular flexibility index (Phi) is 4.91. The SMILES string of the molecule is CCCNC(=O)c1csc(C(=O)NCC)n1. The molecule has 5 nitrogen and oxygen atoms in total. The van der Waals surface area contributed by atoms with Crippen molar-refractivity contribution in [2.75, 3.05) is 13.1 Å². The van der Waals surface area contributed by atoms with E-state index >= 15 is 0 Å². The third kappa shape index (κ3) is 3.30.